The van der Waals surface area contributed by atoms with E-state index >= 15 is 0 Å². The standard InChI is InChI=1S/C4H8FN3OS.4F2/c1-9-3-6-4(10)8-7-2-5;4*1-2/h2H,3H2,1H3,(H2,6,8,10);;;;. The predicted molar refractivity (Wildman–Crippen MR) is 49.2 cm³/mol. The molecule has 0 radical (unpaired) electrons. The lowest BCUT2D eigenvalue weighted by Crippen LogP contribution is -2.33. The van der Waals surface area contributed by atoms with E-state index in [0.29, 0.717) is 0 Å². The van der Waals surface area contributed by atoms with Crippen LogP contribution in [0.5, 0.6) is 0 Å². The molecular weight excluding hydrogens is 309 g/mol. The smallest absolute Gasteiger partial charge is 0.195 e. The molecule has 0 amide bonds. The van der Waals surface area contributed by atoms with Gasteiger partial charge in [-0.15, -0.1) is 0 Å². The van der Waals surface area contributed by atoms with Crippen LogP contribution in [0.25, 0.3) is 0 Å². The van der Waals surface area contributed by atoms with Gasteiger partial charge in [0.15, 0.2) is 11.6 Å². The molecule has 0 heterocycles. The lowest BCUT2D eigenvalue weighted by atomic mass is 11.0. The summed E-state index contributed by atoms with van der Waals surface area (Å²) in [5.74, 6) is 0. The number of hydrogen-bond donors (Lipinski definition) is 2. The van der Waals surface area contributed by atoms with E-state index in [1.54, 1.807) is 0 Å². The molecule has 0 aliphatic rings. The Hall–Kier alpha value is -1.31. The minimum Gasteiger partial charge on any atom is -0.365 e. The number of hydrogen-bond acceptors (Lipinski definition) is 3. The van der Waals surface area contributed by atoms with Gasteiger partial charge in [0.05, 0.1) is 0 Å². The van der Waals surface area contributed by atoms with Gasteiger partial charge in [-0.05, 0) is 12.2 Å². The summed E-state index contributed by atoms with van der Waals surface area (Å²) in [6.07, 6.45) is 0. The van der Waals surface area contributed by atoms with Crippen LogP contribution in [0.4, 0.5) is 41.0 Å². The van der Waals surface area contributed by atoms with Crippen molar-refractivity contribution in [3.63, 3.8) is 0 Å². The largest absolute Gasteiger partial charge is 0.365 e. The lowest BCUT2D eigenvalue weighted by Gasteiger charge is -2.03. The van der Waals surface area contributed by atoms with Crippen LogP contribution in [-0.2, 0) is 4.74 Å². The highest BCUT2D eigenvalue weighted by atomic mass is 32.1. The van der Waals surface area contributed by atoms with Crippen LogP contribution in [0.3, 0.4) is 0 Å². The number of nitrogens with one attached hydrogen (secondary N) is 2. The van der Waals surface area contributed by atoms with E-state index in [2.05, 4.69) is 32.8 Å². The number of rotatable bonds is 3. The van der Waals surface area contributed by atoms with Gasteiger partial charge < -0.3 is 10.1 Å². The van der Waals surface area contributed by atoms with Gasteiger partial charge in [-0.25, -0.2) is 0 Å². The van der Waals surface area contributed by atoms with Crippen LogP contribution in [0.15, 0.2) is 5.10 Å². The molecule has 0 bridgehead atoms. The summed E-state index contributed by atoms with van der Waals surface area (Å²) in [6, 6.07) is 0. The third-order valence-electron chi connectivity index (χ3n) is 0.592. The van der Waals surface area contributed by atoms with E-state index in [4.69, 9.17) is 36.6 Å². The van der Waals surface area contributed by atoms with Crippen molar-refractivity contribution in [1.29, 1.82) is 0 Å². The molecule has 0 spiro atoms. The highest BCUT2D eigenvalue weighted by Crippen LogP contribution is 1.66. The van der Waals surface area contributed by atoms with E-state index in [1.807, 2.05) is 0 Å². The Balaban J connectivity index is -0.0000000596. The molecule has 0 aliphatic heterocycles. The second-order valence-corrected chi connectivity index (χ2v) is 1.69. The maximum atomic E-state index is 11.2. The Bertz CT molecular complexity index is 143. The second-order valence-electron chi connectivity index (χ2n) is 1.28. The van der Waals surface area contributed by atoms with Crippen molar-refractivity contribution in [2.24, 2.45) is 5.10 Å². The summed E-state index contributed by atoms with van der Waals surface area (Å²) >= 11 is 4.60. The van der Waals surface area contributed by atoms with Gasteiger partial charge in [0.25, 0.3) is 0 Å². The minimum absolute atomic E-state index is 0.112. The summed E-state index contributed by atoms with van der Waals surface area (Å²) in [6.45, 7) is 0.383. The normalized spacial score (nSPS) is 6.78. The van der Waals surface area contributed by atoms with Gasteiger partial charge in [0.1, 0.15) is 6.73 Å². The minimum atomic E-state index is 0.112. The molecule has 0 aromatic rings. The molecule has 14 heteroatoms. The lowest BCUT2D eigenvalue weighted by molar-refractivity contribution is 0.108. The molecule has 0 aliphatic carbocycles. The van der Waals surface area contributed by atoms with E-state index in [9.17, 15) is 4.39 Å². The van der Waals surface area contributed by atoms with Crippen molar-refractivity contribution < 1.29 is 45.7 Å². The highest BCUT2D eigenvalue weighted by molar-refractivity contribution is 7.80. The van der Waals surface area contributed by atoms with Gasteiger partial charge in [-0.1, -0.05) is 0 Å². The zero-order valence-corrected chi connectivity index (χ0v) is 9.27. The number of ether oxygens (including phenoxy) is 1. The van der Waals surface area contributed by atoms with Crippen molar-refractivity contribution in [3.8, 4) is 0 Å². The molecule has 0 aromatic carbocycles. The molecule has 0 fully saturated rings. The highest BCUT2D eigenvalue weighted by Gasteiger charge is 1.87. The Morgan fingerprint density at radius 1 is 1.11 bits per heavy atom. The van der Waals surface area contributed by atoms with Gasteiger partial charge >= 0.3 is 0 Å². The van der Waals surface area contributed by atoms with Crippen LogP contribution < -0.4 is 10.7 Å². The van der Waals surface area contributed by atoms with E-state index in [0.717, 1.165) is 0 Å². The molecule has 0 unspecified atom stereocenters. The average Bonchev–Trinajstić information content (AvgIpc) is 2.51. The molecule has 2 N–H and O–H groups in total. The number of hydrazone groups is 1. The molecule has 4 nitrogen and oxygen atoms in total. The zero-order chi connectivity index (χ0) is 15.8. The fraction of sp³-hybridized carbons (Fsp3) is 0.500. The number of nitrogens with zero attached hydrogens (tertiary/aromatic N) is 1. The topological polar surface area (TPSA) is 45.6 Å². The third-order valence-corrected chi connectivity index (χ3v) is 0.828. The Morgan fingerprint density at radius 2 is 1.50 bits per heavy atom. The van der Waals surface area contributed by atoms with Gasteiger partial charge in [-0.2, -0.15) is 9.49 Å². The predicted octanol–water partition coefficient (Wildman–Crippen LogP) is 3.33. The van der Waals surface area contributed by atoms with Crippen molar-refractivity contribution in [2.75, 3.05) is 13.8 Å². The quantitative estimate of drug-likeness (QED) is 0.276. The monoisotopic (exact) mass is 317 g/mol. The van der Waals surface area contributed by atoms with Crippen LogP contribution in [0.2, 0.25) is 0 Å². The second kappa shape index (κ2) is 57.3. The van der Waals surface area contributed by atoms with Crippen molar-refractivity contribution in [3.05, 3.63) is 0 Å². The van der Waals surface area contributed by atoms with Crippen LogP contribution in [0, 0.1) is 0 Å². The summed E-state index contributed by atoms with van der Waals surface area (Å²) in [4.78, 5) is 0. The molecular formula is C4H8F9N3OS. The Labute approximate surface area is 100 Å². The fourth-order valence-electron chi connectivity index (χ4n) is 0.260. The first-order valence-electron chi connectivity index (χ1n) is 3.03. The molecule has 18 heavy (non-hydrogen) atoms. The molecule has 0 saturated carbocycles. The Morgan fingerprint density at radius 3 is 1.78 bits per heavy atom. The van der Waals surface area contributed by atoms with Gasteiger partial charge in [0, 0.05) is 43.7 Å². The van der Waals surface area contributed by atoms with Crippen molar-refractivity contribution in [2.45, 2.75) is 0 Å². The first-order chi connectivity index (χ1) is 8.81. The van der Waals surface area contributed by atoms with Gasteiger partial charge in [0.2, 0.25) is 0 Å². The number of halogens is 9. The summed E-state index contributed by atoms with van der Waals surface area (Å²) in [5, 5.41) is 5.83. The first kappa shape index (κ1) is 30.1. The zero-order valence-electron chi connectivity index (χ0n) is 8.45. The van der Waals surface area contributed by atoms with Crippen molar-refractivity contribution in [1.82, 2.24) is 10.7 Å². The first-order valence-corrected chi connectivity index (χ1v) is 3.43. The van der Waals surface area contributed by atoms with E-state index < -0.39 is 0 Å². The van der Waals surface area contributed by atoms with E-state index in [1.165, 1.54) is 7.11 Å². The molecule has 0 saturated heterocycles. The average molecular weight is 317 g/mol. The maximum absolute atomic E-state index is 11.2. The van der Waals surface area contributed by atoms with Crippen LogP contribution >= 0.6 is 12.2 Å². The van der Waals surface area contributed by atoms with Crippen LogP contribution in [-0.4, -0.2) is 25.4 Å². The molecule has 0 atom stereocenters. The SMILES string of the molecule is COCNC(=S)NN=CF.FF.FF.FF.FF. The summed E-state index contributed by atoms with van der Waals surface area (Å²) < 4.78 is 79.8. The molecule has 0 aromatic heterocycles. The fourth-order valence-corrected chi connectivity index (χ4v) is 0.372. The summed E-state index contributed by atoms with van der Waals surface area (Å²) in [5.41, 5.74) is 2.20. The van der Waals surface area contributed by atoms with E-state index in [-0.39, 0.29) is 18.3 Å². The van der Waals surface area contributed by atoms with Gasteiger partial charge in [-0.3, -0.25) is 5.43 Å². The van der Waals surface area contributed by atoms with Crippen LogP contribution in [0.1, 0.15) is 0 Å². The number of thiocarbonyl (C=S) groups is 1. The van der Waals surface area contributed by atoms with Crippen molar-refractivity contribution >= 4 is 23.8 Å². The maximum Gasteiger partial charge on any atom is 0.195 e. The third kappa shape index (κ3) is 61.5. The molecule has 114 valence electrons. The molecule has 0 rings (SSSR count). The number of methoxy groups -OCH3 is 1. The summed E-state index contributed by atoms with van der Waals surface area (Å²) in [7, 11) is 1.51. The Kier molecular flexibility index (Phi) is 95.6.